The number of nitrogens with one attached hydrogen (secondary N) is 1. The minimum Gasteiger partial charge on any atom is -0.490 e. The molecule has 2 aromatic carbocycles. The van der Waals surface area contributed by atoms with Crippen molar-refractivity contribution in [3.63, 3.8) is 0 Å². The molecule has 1 N–H and O–H groups in total. The highest BCUT2D eigenvalue weighted by Gasteiger charge is 2.13. The molecule has 0 aliphatic heterocycles. The van der Waals surface area contributed by atoms with Crippen molar-refractivity contribution < 1.29 is 9.47 Å². The molecule has 0 saturated heterocycles. The summed E-state index contributed by atoms with van der Waals surface area (Å²) in [5.41, 5.74) is 3.55. The van der Waals surface area contributed by atoms with Crippen molar-refractivity contribution in [2.24, 2.45) is 0 Å². The molecule has 0 unspecified atom stereocenters. The van der Waals surface area contributed by atoms with Gasteiger partial charge in [0, 0.05) is 12.6 Å². The summed E-state index contributed by atoms with van der Waals surface area (Å²) in [6, 6.07) is 12.9. The predicted octanol–water partition coefficient (Wildman–Crippen LogP) is 5.23. The lowest BCUT2D eigenvalue weighted by Crippen LogP contribution is -2.21. The zero-order valence-corrected chi connectivity index (χ0v) is 16.4. The molecule has 4 heteroatoms. The molecule has 0 aromatic heterocycles. The molecule has 3 nitrogen and oxygen atoms in total. The Morgan fingerprint density at radius 2 is 1.75 bits per heavy atom. The standard InChI is InChI=1S/C20H26BrNO2/c1-5-23-19-11-17(12-22-14(2)3)10-18(21)20(19)24-13-16-8-6-15(4)7-9-16/h6-11,14,22H,5,12-13H2,1-4H3. The van der Waals surface area contributed by atoms with Crippen LogP contribution in [0.1, 0.15) is 37.5 Å². The first kappa shape index (κ1) is 18.8. The van der Waals surface area contributed by atoms with Crippen LogP contribution < -0.4 is 14.8 Å². The Morgan fingerprint density at radius 1 is 1.04 bits per heavy atom. The van der Waals surface area contributed by atoms with Crippen molar-refractivity contribution in [3.8, 4) is 11.5 Å². The zero-order valence-electron chi connectivity index (χ0n) is 14.9. The second-order valence-electron chi connectivity index (χ2n) is 6.15. The van der Waals surface area contributed by atoms with E-state index in [0.717, 1.165) is 28.1 Å². The molecule has 0 bridgehead atoms. The van der Waals surface area contributed by atoms with Gasteiger partial charge in [0.05, 0.1) is 11.1 Å². The molecule has 0 amide bonds. The Labute approximate surface area is 153 Å². The Kier molecular flexibility index (Phi) is 7.13. The predicted molar refractivity (Wildman–Crippen MR) is 103 cm³/mol. The molecule has 0 saturated carbocycles. The van der Waals surface area contributed by atoms with Crippen LogP contribution in [0, 0.1) is 6.92 Å². The van der Waals surface area contributed by atoms with E-state index >= 15 is 0 Å². The van der Waals surface area contributed by atoms with E-state index in [0.29, 0.717) is 19.3 Å². The molecular weight excluding hydrogens is 366 g/mol. The van der Waals surface area contributed by atoms with Gasteiger partial charge in [0.2, 0.25) is 0 Å². The highest BCUT2D eigenvalue weighted by atomic mass is 79.9. The molecule has 0 atom stereocenters. The quantitative estimate of drug-likeness (QED) is 0.667. The van der Waals surface area contributed by atoms with Gasteiger partial charge < -0.3 is 14.8 Å². The van der Waals surface area contributed by atoms with Gasteiger partial charge in [0.25, 0.3) is 0 Å². The molecular formula is C20H26BrNO2. The van der Waals surface area contributed by atoms with Crippen molar-refractivity contribution in [1.29, 1.82) is 0 Å². The van der Waals surface area contributed by atoms with Gasteiger partial charge in [-0.3, -0.25) is 0 Å². The summed E-state index contributed by atoms with van der Waals surface area (Å²) in [7, 11) is 0. The fraction of sp³-hybridized carbons (Fsp3) is 0.400. The maximum absolute atomic E-state index is 6.03. The van der Waals surface area contributed by atoms with E-state index in [2.05, 4.69) is 72.3 Å². The number of benzene rings is 2. The third-order valence-electron chi connectivity index (χ3n) is 3.59. The second kappa shape index (κ2) is 9.09. The normalized spacial score (nSPS) is 10.9. The Balaban J connectivity index is 2.16. The van der Waals surface area contributed by atoms with Crippen LogP contribution in [-0.2, 0) is 13.2 Å². The van der Waals surface area contributed by atoms with E-state index in [1.54, 1.807) is 0 Å². The fourth-order valence-corrected chi connectivity index (χ4v) is 2.89. The summed E-state index contributed by atoms with van der Waals surface area (Å²) < 4.78 is 12.7. The number of halogens is 1. The monoisotopic (exact) mass is 391 g/mol. The van der Waals surface area contributed by atoms with Crippen LogP contribution in [0.25, 0.3) is 0 Å². The van der Waals surface area contributed by atoms with Crippen LogP contribution in [0.15, 0.2) is 40.9 Å². The van der Waals surface area contributed by atoms with Crippen molar-refractivity contribution >= 4 is 15.9 Å². The molecule has 0 fully saturated rings. The van der Waals surface area contributed by atoms with Crippen molar-refractivity contribution in [3.05, 3.63) is 57.6 Å². The average Bonchev–Trinajstić information content (AvgIpc) is 2.54. The van der Waals surface area contributed by atoms with E-state index in [1.807, 2.05) is 13.0 Å². The molecule has 2 aromatic rings. The lowest BCUT2D eigenvalue weighted by atomic mass is 10.1. The Bertz CT molecular complexity index is 653. The summed E-state index contributed by atoms with van der Waals surface area (Å²) in [4.78, 5) is 0. The maximum atomic E-state index is 6.03. The molecule has 0 spiro atoms. The Hall–Kier alpha value is -1.52. The van der Waals surface area contributed by atoms with Crippen LogP contribution in [0.5, 0.6) is 11.5 Å². The average molecular weight is 392 g/mol. The molecule has 2 rings (SSSR count). The summed E-state index contributed by atoms with van der Waals surface area (Å²) >= 11 is 3.63. The minimum atomic E-state index is 0.441. The van der Waals surface area contributed by atoms with Gasteiger partial charge in [0.1, 0.15) is 6.61 Å². The van der Waals surface area contributed by atoms with Crippen LogP contribution in [0.2, 0.25) is 0 Å². The SMILES string of the molecule is CCOc1cc(CNC(C)C)cc(Br)c1OCc1ccc(C)cc1. The number of hydrogen-bond donors (Lipinski definition) is 1. The molecule has 0 aliphatic rings. The number of aryl methyl sites for hydroxylation is 1. The third kappa shape index (κ3) is 5.53. The van der Waals surface area contributed by atoms with E-state index in [-0.39, 0.29) is 0 Å². The topological polar surface area (TPSA) is 30.5 Å². The number of ether oxygens (including phenoxy) is 2. The second-order valence-corrected chi connectivity index (χ2v) is 7.00. The zero-order chi connectivity index (χ0) is 17.5. The molecule has 0 heterocycles. The third-order valence-corrected chi connectivity index (χ3v) is 4.18. The van der Waals surface area contributed by atoms with Crippen LogP contribution >= 0.6 is 15.9 Å². The smallest absolute Gasteiger partial charge is 0.175 e. The van der Waals surface area contributed by atoms with E-state index in [4.69, 9.17) is 9.47 Å². The van der Waals surface area contributed by atoms with Crippen LogP contribution in [-0.4, -0.2) is 12.6 Å². The summed E-state index contributed by atoms with van der Waals surface area (Å²) in [5.74, 6) is 1.53. The minimum absolute atomic E-state index is 0.441. The highest BCUT2D eigenvalue weighted by Crippen LogP contribution is 2.37. The van der Waals surface area contributed by atoms with Gasteiger partial charge in [-0.2, -0.15) is 0 Å². The lowest BCUT2D eigenvalue weighted by molar-refractivity contribution is 0.267. The van der Waals surface area contributed by atoms with Crippen molar-refractivity contribution in [1.82, 2.24) is 5.32 Å². The number of rotatable bonds is 8. The molecule has 130 valence electrons. The number of hydrogen-bond acceptors (Lipinski definition) is 3. The van der Waals surface area contributed by atoms with Gasteiger partial charge in [0.15, 0.2) is 11.5 Å². The van der Waals surface area contributed by atoms with Gasteiger partial charge in [-0.1, -0.05) is 43.7 Å². The highest BCUT2D eigenvalue weighted by molar-refractivity contribution is 9.10. The van der Waals surface area contributed by atoms with Crippen molar-refractivity contribution in [2.45, 2.75) is 46.9 Å². The van der Waals surface area contributed by atoms with E-state index < -0.39 is 0 Å². The van der Waals surface area contributed by atoms with Crippen LogP contribution in [0.4, 0.5) is 0 Å². The first-order valence-corrected chi connectivity index (χ1v) is 9.15. The Morgan fingerprint density at radius 3 is 2.38 bits per heavy atom. The molecule has 0 radical (unpaired) electrons. The molecule has 0 aliphatic carbocycles. The van der Waals surface area contributed by atoms with Gasteiger partial charge in [-0.05, 0) is 53.0 Å². The van der Waals surface area contributed by atoms with E-state index in [9.17, 15) is 0 Å². The fourth-order valence-electron chi connectivity index (χ4n) is 2.29. The van der Waals surface area contributed by atoms with Crippen molar-refractivity contribution in [2.75, 3.05) is 6.61 Å². The first-order valence-electron chi connectivity index (χ1n) is 8.36. The summed E-state index contributed by atoms with van der Waals surface area (Å²) in [6.45, 7) is 10.3. The van der Waals surface area contributed by atoms with E-state index in [1.165, 1.54) is 11.1 Å². The summed E-state index contributed by atoms with van der Waals surface area (Å²) in [6.07, 6.45) is 0. The maximum Gasteiger partial charge on any atom is 0.175 e. The van der Waals surface area contributed by atoms with Crippen LogP contribution in [0.3, 0.4) is 0 Å². The van der Waals surface area contributed by atoms with Gasteiger partial charge >= 0.3 is 0 Å². The first-order chi connectivity index (χ1) is 11.5. The summed E-state index contributed by atoms with van der Waals surface area (Å²) in [5, 5.41) is 3.42. The van der Waals surface area contributed by atoms with Gasteiger partial charge in [-0.15, -0.1) is 0 Å². The van der Waals surface area contributed by atoms with Gasteiger partial charge in [-0.25, -0.2) is 0 Å². The molecule has 24 heavy (non-hydrogen) atoms. The largest absolute Gasteiger partial charge is 0.490 e. The lowest BCUT2D eigenvalue weighted by Gasteiger charge is -2.16.